The third kappa shape index (κ3) is 48.2. The van der Waals surface area contributed by atoms with Crippen molar-refractivity contribution in [3.05, 3.63) is 29.1 Å². The van der Waals surface area contributed by atoms with Gasteiger partial charge in [-0.05, 0) is 96.6 Å². The summed E-state index contributed by atoms with van der Waals surface area (Å²) in [4.78, 5) is 242. The monoisotopic (exact) mass is 2030 g/mol. The Balaban J connectivity index is 1.45. The first-order valence-electron chi connectivity index (χ1n) is 46.7. The van der Waals surface area contributed by atoms with E-state index in [2.05, 4.69) is 57.9 Å². The van der Waals surface area contributed by atoms with Crippen LogP contribution in [0.3, 0.4) is 0 Å². The Bertz CT molecular complexity index is 4130. The normalized spacial score (nSPS) is 21.0. The Morgan fingerprint density at radius 1 is 0.305 bits per heavy atom. The predicted molar refractivity (Wildman–Crippen MR) is 475 cm³/mol. The predicted octanol–water partition coefficient (Wildman–Crippen LogP) is 1.46. The number of hydrogen-bond acceptors (Lipinski definition) is 37. The van der Waals surface area contributed by atoms with Crippen LogP contribution in [0.25, 0.3) is 0 Å². The molecule has 9 amide bonds. The van der Waals surface area contributed by atoms with Crippen molar-refractivity contribution in [2.45, 2.75) is 316 Å². The topological polar surface area (TPSA) is 596 Å². The minimum absolute atomic E-state index is 0.00230. The molecular weight excluding hydrogens is 1890 g/mol. The fourth-order valence-corrected chi connectivity index (χ4v) is 14.9. The quantitative estimate of drug-likeness (QED) is 0.00839. The van der Waals surface area contributed by atoms with Gasteiger partial charge >= 0.3 is 59.7 Å². The van der Waals surface area contributed by atoms with Gasteiger partial charge in [-0.2, -0.15) is 8.78 Å². The molecular formula is C90H136F5N11O35. The van der Waals surface area contributed by atoms with E-state index in [0.717, 1.165) is 62.3 Å². The summed E-state index contributed by atoms with van der Waals surface area (Å²) in [5.74, 6) is -26.8. The van der Waals surface area contributed by atoms with E-state index in [9.17, 15) is 113 Å². The summed E-state index contributed by atoms with van der Waals surface area (Å²) in [7, 11) is 0. The second-order valence-corrected chi connectivity index (χ2v) is 33.3. The highest BCUT2D eigenvalue weighted by Crippen LogP contribution is 2.34. The minimum atomic E-state index is -2.47. The highest BCUT2D eigenvalue weighted by molar-refractivity contribution is 5.86. The third-order valence-corrected chi connectivity index (χ3v) is 21.1. The fraction of sp³-hybridized carbons (Fsp3) is 0.722. The molecule has 0 aliphatic carbocycles. The van der Waals surface area contributed by atoms with Gasteiger partial charge < -0.3 is 129 Å². The van der Waals surface area contributed by atoms with Gasteiger partial charge in [0.05, 0.1) is 19.1 Å². The number of carbonyl (C=O) groups excluding carboxylic acids is 19. The van der Waals surface area contributed by atoms with Gasteiger partial charge in [0, 0.05) is 168 Å². The van der Waals surface area contributed by atoms with Crippen LogP contribution in [0.1, 0.15) is 218 Å². The van der Waals surface area contributed by atoms with Crippen LogP contribution in [0.15, 0.2) is 0 Å². The summed E-state index contributed by atoms with van der Waals surface area (Å²) in [6.07, 6.45) is -10.6. The lowest BCUT2D eigenvalue weighted by molar-refractivity contribution is -0.277. The second-order valence-electron chi connectivity index (χ2n) is 33.3. The summed E-state index contributed by atoms with van der Waals surface area (Å²) in [6, 6.07) is -4.75. The van der Waals surface area contributed by atoms with Crippen molar-refractivity contribution in [2.75, 3.05) is 105 Å². The molecule has 796 valence electrons. The van der Waals surface area contributed by atoms with E-state index in [1.807, 2.05) is 0 Å². The van der Waals surface area contributed by atoms with Gasteiger partial charge in [-0.25, -0.2) is 13.2 Å². The summed E-state index contributed by atoms with van der Waals surface area (Å²) >= 11 is 0. The molecule has 51 heteroatoms. The van der Waals surface area contributed by atoms with E-state index in [4.69, 9.17) is 71.1 Å². The van der Waals surface area contributed by atoms with E-state index in [1.54, 1.807) is 0 Å². The van der Waals surface area contributed by atoms with E-state index in [1.165, 1.54) is 25.7 Å². The molecule has 16 atom stereocenters. The molecule has 141 heavy (non-hydrogen) atoms. The van der Waals surface area contributed by atoms with Crippen molar-refractivity contribution in [3.8, 4) is 5.75 Å². The number of amides is 9. The molecule has 0 bridgehead atoms. The average molecular weight is 2030 g/mol. The van der Waals surface area contributed by atoms with Crippen molar-refractivity contribution >= 4 is 113 Å². The molecule has 4 rings (SSSR count). The maximum Gasteiger partial charge on any atom is 0.311 e. The van der Waals surface area contributed by atoms with Crippen LogP contribution in [-0.2, 0) is 162 Å². The molecule has 0 spiro atoms. The van der Waals surface area contributed by atoms with Gasteiger partial charge in [-0.15, -0.1) is 0 Å². The molecule has 46 nitrogen and oxygen atoms in total. The van der Waals surface area contributed by atoms with Crippen molar-refractivity contribution < 1.29 is 189 Å². The van der Waals surface area contributed by atoms with Gasteiger partial charge in [0.2, 0.25) is 88.0 Å². The molecule has 3 aliphatic rings. The Kier molecular flexibility index (Phi) is 57.2. The first-order valence-corrected chi connectivity index (χ1v) is 46.7. The standard InChI is InChI=1S/C90H136F5N11O35/c1-50(107)103-77-84(135-59(10)116)80(132-56(7)113)63(47-129-53(4)110)138-88(77)126-42-22-14-13-20-34-96-35-26-41-102-87(125)62(29-19-21-36-97-68(121)32-25-33-71(124)141-83-75(94)73(92)72(91)74(93)76(83)95)106(45-69(122)100-39-27-37-98-66(119)30-17-15-23-43-127-89-78(104-51(2)108)85(136-60(11)117)81(133-57(8)114)64(139-89)48-130-54(5)111)46-70(123)101-40-28-38-99-67(120)31-18-16-24-44-128-90-79(105-52(3)109)86(137-61(12)118)82(134-58(9)115)65(140-90)49-131-55(6)112/h62-65,77-82,84-86,88-90,96H,13-49H2,1-12H3,(H,97,121)(H,98,119)(H,99,120)(H,100,122)(H,101,123)(H,102,125)(H,103,107)(H,104,108)(H,105,109). The summed E-state index contributed by atoms with van der Waals surface area (Å²) in [5.41, 5.74) is 0. The minimum Gasteiger partial charge on any atom is -0.463 e. The van der Waals surface area contributed by atoms with Crippen LogP contribution >= 0.6 is 0 Å². The zero-order valence-corrected chi connectivity index (χ0v) is 81.5. The van der Waals surface area contributed by atoms with Gasteiger partial charge in [0.15, 0.2) is 55.5 Å². The van der Waals surface area contributed by atoms with Crippen molar-refractivity contribution in [1.29, 1.82) is 0 Å². The van der Waals surface area contributed by atoms with Gasteiger partial charge in [-0.1, -0.05) is 25.7 Å². The number of esters is 10. The number of rotatable bonds is 65. The smallest absolute Gasteiger partial charge is 0.311 e. The average Bonchev–Trinajstić information content (AvgIpc) is 0.789. The molecule has 16 unspecified atom stereocenters. The van der Waals surface area contributed by atoms with Crippen LogP contribution in [0.4, 0.5) is 22.0 Å². The number of nitrogens with zero attached hydrogens (tertiary/aromatic N) is 1. The molecule has 1 aromatic carbocycles. The number of ether oxygens (including phenoxy) is 16. The molecule has 3 aliphatic heterocycles. The largest absolute Gasteiger partial charge is 0.463 e. The van der Waals surface area contributed by atoms with Crippen LogP contribution in [0.2, 0.25) is 0 Å². The summed E-state index contributed by atoms with van der Waals surface area (Å²) in [5, 5.41) is 27.8. The van der Waals surface area contributed by atoms with Crippen LogP contribution in [0.5, 0.6) is 5.75 Å². The number of halogens is 5. The molecule has 3 heterocycles. The van der Waals surface area contributed by atoms with Crippen molar-refractivity contribution in [2.24, 2.45) is 0 Å². The fourth-order valence-electron chi connectivity index (χ4n) is 14.9. The summed E-state index contributed by atoms with van der Waals surface area (Å²) in [6.45, 7) is 12.5. The molecule has 3 saturated heterocycles. The summed E-state index contributed by atoms with van der Waals surface area (Å²) < 4.78 is 159. The van der Waals surface area contributed by atoms with Crippen LogP contribution in [-0.4, -0.2) is 321 Å². The van der Waals surface area contributed by atoms with E-state index < -0.39 is 273 Å². The Hall–Kier alpha value is -11.5. The first-order chi connectivity index (χ1) is 66.9. The lowest BCUT2D eigenvalue weighted by Crippen LogP contribution is -2.66. The highest BCUT2D eigenvalue weighted by atomic mass is 19.2. The molecule has 0 aromatic heterocycles. The number of nitrogens with one attached hydrogen (secondary N) is 10. The van der Waals surface area contributed by atoms with Crippen molar-refractivity contribution in [3.63, 3.8) is 0 Å². The lowest BCUT2D eigenvalue weighted by Gasteiger charge is -2.44. The number of unbranched alkanes of at least 4 members (excludes halogenated alkanes) is 8. The second kappa shape index (κ2) is 66.3. The first kappa shape index (κ1) is 122. The number of benzene rings is 1. The Morgan fingerprint density at radius 2 is 0.596 bits per heavy atom. The van der Waals surface area contributed by atoms with Gasteiger partial charge in [0.1, 0.15) is 56.3 Å². The molecule has 10 N–H and O–H groups in total. The van der Waals surface area contributed by atoms with E-state index >= 15 is 0 Å². The Morgan fingerprint density at radius 3 is 0.943 bits per heavy atom. The maximum absolute atomic E-state index is 14.6. The van der Waals surface area contributed by atoms with Crippen LogP contribution in [0, 0.1) is 29.1 Å². The van der Waals surface area contributed by atoms with E-state index in [0.29, 0.717) is 83.7 Å². The van der Waals surface area contributed by atoms with Crippen molar-refractivity contribution in [1.82, 2.24) is 58.1 Å². The molecule has 0 radical (unpaired) electrons. The van der Waals surface area contributed by atoms with Gasteiger partial charge in [0.25, 0.3) is 0 Å². The van der Waals surface area contributed by atoms with Crippen LogP contribution < -0.4 is 57.9 Å². The Labute approximate surface area is 812 Å². The number of carbonyl (C=O) groups is 19. The van der Waals surface area contributed by atoms with Gasteiger partial charge in [-0.3, -0.25) is 96.0 Å². The molecule has 1 aromatic rings. The zero-order chi connectivity index (χ0) is 105. The third-order valence-electron chi connectivity index (χ3n) is 21.1. The molecule has 0 saturated carbocycles. The lowest BCUT2D eigenvalue weighted by atomic mass is 9.96. The zero-order valence-electron chi connectivity index (χ0n) is 81.5. The number of hydrogen-bond donors (Lipinski definition) is 10. The maximum atomic E-state index is 14.6. The van der Waals surface area contributed by atoms with E-state index in [-0.39, 0.29) is 129 Å². The highest BCUT2D eigenvalue weighted by Gasteiger charge is 2.55. The molecule has 3 fully saturated rings. The SMILES string of the molecule is CC(=O)NC1C(OCCCCCCNCCCNC(=O)C(CCCCNC(=O)CCCC(=O)Oc2c(F)c(F)c(F)c(F)c2F)N(CC(=O)NCCCNC(=O)CCCCCOC2OC(COC(C)=O)C(OC(C)=O)C(OC(C)=O)C2NC(C)=O)CC(=O)NCCCNC(=O)CCCCCOC2OC(COC(C)=O)C(OC(C)=O)C(OC(C)=O)C2NC(C)=O)OC(COC(C)=O)C(OC(C)=O)C1OC(C)=O.